The molecule has 2 N–H and O–H groups in total. The monoisotopic (exact) mass is 512 g/mol. The number of aryl methyl sites for hydroxylation is 1. The van der Waals surface area contributed by atoms with Crippen LogP contribution < -0.4 is 10.6 Å². The average molecular weight is 512 g/mol. The smallest absolute Gasteiger partial charge is 0.356 e. The molecule has 0 spiro atoms. The summed E-state index contributed by atoms with van der Waals surface area (Å²) in [5.41, 5.74) is 0.0776. The SMILES string of the molecule is CN=C(NCCC(C)c1cccc(C(F)(F)F)c1)NCc1ncc(C)s1.I. The summed E-state index contributed by atoms with van der Waals surface area (Å²) in [4.78, 5) is 9.58. The van der Waals surface area contributed by atoms with Crippen LogP contribution in [0.15, 0.2) is 35.5 Å². The number of rotatable bonds is 6. The first kappa shape index (κ1) is 23.7. The number of aromatic nitrogens is 1. The number of thiazole rings is 1. The molecule has 1 heterocycles. The fourth-order valence-corrected chi connectivity index (χ4v) is 3.19. The Kier molecular flexibility index (Phi) is 9.51. The average Bonchev–Trinajstić information content (AvgIpc) is 3.02. The first-order chi connectivity index (χ1) is 12.3. The van der Waals surface area contributed by atoms with E-state index in [-0.39, 0.29) is 29.9 Å². The number of hydrogen-bond donors (Lipinski definition) is 2. The van der Waals surface area contributed by atoms with Gasteiger partial charge >= 0.3 is 6.18 Å². The molecule has 0 aliphatic rings. The van der Waals surface area contributed by atoms with Crippen LogP contribution in [-0.4, -0.2) is 24.5 Å². The Morgan fingerprint density at radius 2 is 2.04 bits per heavy atom. The summed E-state index contributed by atoms with van der Waals surface area (Å²) in [5, 5.41) is 7.34. The quantitative estimate of drug-likeness (QED) is 0.328. The summed E-state index contributed by atoms with van der Waals surface area (Å²) in [6.07, 6.45) is -1.79. The second-order valence-electron chi connectivity index (χ2n) is 6.03. The van der Waals surface area contributed by atoms with Gasteiger partial charge in [-0.05, 0) is 30.9 Å². The molecule has 1 aromatic heterocycles. The maximum absolute atomic E-state index is 12.8. The van der Waals surface area contributed by atoms with Crippen molar-refractivity contribution < 1.29 is 13.2 Å². The van der Waals surface area contributed by atoms with Gasteiger partial charge in [0.2, 0.25) is 0 Å². The van der Waals surface area contributed by atoms with E-state index >= 15 is 0 Å². The summed E-state index contributed by atoms with van der Waals surface area (Å²) < 4.78 is 38.5. The number of nitrogens with zero attached hydrogens (tertiary/aromatic N) is 2. The topological polar surface area (TPSA) is 49.3 Å². The number of hydrogen-bond acceptors (Lipinski definition) is 3. The van der Waals surface area contributed by atoms with E-state index in [0.717, 1.165) is 16.0 Å². The molecule has 9 heteroatoms. The van der Waals surface area contributed by atoms with Crippen LogP contribution in [0, 0.1) is 6.92 Å². The van der Waals surface area contributed by atoms with Gasteiger partial charge in [-0.2, -0.15) is 13.2 Å². The van der Waals surface area contributed by atoms with Crippen molar-refractivity contribution in [3.63, 3.8) is 0 Å². The number of aliphatic imine (C=N–C) groups is 1. The Hall–Kier alpha value is -1.36. The van der Waals surface area contributed by atoms with Gasteiger partial charge < -0.3 is 10.6 Å². The van der Waals surface area contributed by atoms with Gasteiger partial charge in [0.15, 0.2) is 5.96 Å². The number of guanidine groups is 1. The molecule has 0 saturated heterocycles. The van der Waals surface area contributed by atoms with Crippen molar-refractivity contribution in [2.45, 2.75) is 38.9 Å². The van der Waals surface area contributed by atoms with E-state index in [1.807, 2.05) is 20.0 Å². The maximum Gasteiger partial charge on any atom is 0.416 e. The lowest BCUT2D eigenvalue weighted by atomic mass is 9.96. The van der Waals surface area contributed by atoms with Gasteiger partial charge in [-0.1, -0.05) is 25.1 Å². The van der Waals surface area contributed by atoms with Crippen molar-refractivity contribution in [1.82, 2.24) is 15.6 Å². The number of halogens is 4. The molecule has 1 aromatic carbocycles. The lowest BCUT2D eigenvalue weighted by molar-refractivity contribution is -0.137. The van der Waals surface area contributed by atoms with Crippen molar-refractivity contribution >= 4 is 41.3 Å². The second-order valence-corrected chi connectivity index (χ2v) is 7.35. The summed E-state index contributed by atoms with van der Waals surface area (Å²) >= 11 is 1.62. The minimum atomic E-state index is -4.31. The van der Waals surface area contributed by atoms with E-state index in [2.05, 4.69) is 20.6 Å². The number of nitrogens with one attached hydrogen (secondary N) is 2. The predicted molar refractivity (Wildman–Crippen MR) is 115 cm³/mol. The Morgan fingerprint density at radius 3 is 2.63 bits per heavy atom. The van der Waals surface area contributed by atoms with E-state index in [4.69, 9.17) is 0 Å². The molecule has 150 valence electrons. The highest BCUT2D eigenvalue weighted by Crippen LogP contribution is 2.31. The van der Waals surface area contributed by atoms with E-state index in [9.17, 15) is 13.2 Å². The highest BCUT2D eigenvalue weighted by molar-refractivity contribution is 14.0. The second kappa shape index (κ2) is 10.8. The van der Waals surface area contributed by atoms with Crippen LogP contribution in [0.1, 0.15) is 40.3 Å². The fraction of sp³-hybridized carbons (Fsp3) is 0.444. The normalized spacial score (nSPS) is 13.0. The third-order valence-corrected chi connectivity index (χ3v) is 4.87. The van der Waals surface area contributed by atoms with Crippen molar-refractivity contribution in [3.05, 3.63) is 51.5 Å². The third-order valence-electron chi connectivity index (χ3n) is 3.95. The largest absolute Gasteiger partial charge is 0.416 e. The minimum absolute atomic E-state index is 0. The number of benzene rings is 1. The predicted octanol–water partition coefficient (Wildman–Crippen LogP) is 4.95. The summed E-state index contributed by atoms with van der Waals surface area (Å²) in [6.45, 7) is 5.12. The van der Waals surface area contributed by atoms with Crippen LogP contribution in [0.3, 0.4) is 0 Å². The van der Waals surface area contributed by atoms with Crippen molar-refractivity contribution in [2.24, 2.45) is 4.99 Å². The molecule has 0 saturated carbocycles. The number of alkyl halides is 3. The van der Waals surface area contributed by atoms with Gasteiger partial charge in [0, 0.05) is 24.7 Å². The molecule has 0 amide bonds. The van der Waals surface area contributed by atoms with Crippen LogP contribution >= 0.6 is 35.3 Å². The zero-order valence-corrected chi connectivity index (χ0v) is 18.6. The van der Waals surface area contributed by atoms with Gasteiger partial charge in [-0.15, -0.1) is 35.3 Å². The van der Waals surface area contributed by atoms with E-state index in [1.54, 1.807) is 24.5 Å². The van der Waals surface area contributed by atoms with E-state index in [0.29, 0.717) is 31.0 Å². The molecule has 2 aromatic rings. The Balaban J connectivity index is 0.00000364. The van der Waals surface area contributed by atoms with Gasteiger partial charge in [0.25, 0.3) is 0 Å². The van der Waals surface area contributed by atoms with Crippen molar-refractivity contribution in [1.29, 1.82) is 0 Å². The summed E-state index contributed by atoms with van der Waals surface area (Å²) in [5.74, 6) is 0.651. The van der Waals surface area contributed by atoms with Crippen LogP contribution in [0.25, 0.3) is 0 Å². The minimum Gasteiger partial charge on any atom is -0.356 e. The molecule has 0 aliphatic carbocycles. The summed E-state index contributed by atoms with van der Waals surface area (Å²) in [7, 11) is 1.68. The highest BCUT2D eigenvalue weighted by Gasteiger charge is 2.30. The molecule has 0 aliphatic heterocycles. The van der Waals surface area contributed by atoms with Crippen molar-refractivity contribution in [2.75, 3.05) is 13.6 Å². The van der Waals surface area contributed by atoms with Crippen LogP contribution in [0.4, 0.5) is 13.2 Å². The molecular formula is C18H24F3IN4S. The van der Waals surface area contributed by atoms with Crippen molar-refractivity contribution in [3.8, 4) is 0 Å². The van der Waals surface area contributed by atoms with E-state index in [1.165, 1.54) is 12.1 Å². The molecular weight excluding hydrogens is 488 g/mol. The van der Waals surface area contributed by atoms with E-state index < -0.39 is 11.7 Å². The van der Waals surface area contributed by atoms with Crippen LogP contribution in [0.5, 0.6) is 0 Å². The summed E-state index contributed by atoms with van der Waals surface area (Å²) in [6, 6.07) is 5.51. The Labute approximate surface area is 178 Å². The van der Waals surface area contributed by atoms with Gasteiger partial charge in [0.05, 0.1) is 12.1 Å². The fourth-order valence-electron chi connectivity index (χ4n) is 2.46. The Morgan fingerprint density at radius 1 is 1.30 bits per heavy atom. The zero-order valence-electron chi connectivity index (χ0n) is 15.4. The molecule has 27 heavy (non-hydrogen) atoms. The first-order valence-corrected chi connectivity index (χ1v) is 9.14. The molecule has 0 radical (unpaired) electrons. The highest BCUT2D eigenvalue weighted by atomic mass is 127. The molecule has 1 atom stereocenters. The van der Waals surface area contributed by atoms with Gasteiger partial charge in [0.1, 0.15) is 5.01 Å². The van der Waals surface area contributed by atoms with Gasteiger partial charge in [-0.3, -0.25) is 4.99 Å². The molecule has 0 bridgehead atoms. The lowest BCUT2D eigenvalue weighted by Gasteiger charge is -2.16. The van der Waals surface area contributed by atoms with Gasteiger partial charge in [-0.25, -0.2) is 4.98 Å². The lowest BCUT2D eigenvalue weighted by Crippen LogP contribution is -2.37. The molecule has 0 fully saturated rings. The molecule has 1 unspecified atom stereocenters. The molecule has 2 rings (SSSR count). The third kappa shape index (κ3) is 7.65. The Bertz CT molecular complexity index is 746. The first-order valence-electron chi connectivity index (χ1n) is 8.32. The standard InChI is InChI=1S/C18H23F3N4S.HI/c1-12(14-5-4-6-15(9-14)18(19,20)21)7-8-23-17(22-3)25-11-16-24-10-13(2)26-16;/h4-6,9-10,12H,7-8,11H2,1-3H3,(H2,22,23,25);1H. The zero-order chi connectivity index (χ0) is 19.2. The van der Waals surface area contributed by atoms with Crippen LogP contribution in [0.2, 0.25) is 0 Å². The molecule has 4 nitrogen and oxygen atoms in total. The van der Waals surface area contributed by atoms with Crippen LogP contribution in [-0.2, 0) is 12.7 Å². The maximum atomic E-state index is 12.8.